The van der Waals surface area contributed by atoms with Crippen LogP contribution in [0.3, 0.4) is 0 Å². The van der Waals surface area contributed by atoms with Crippen LogP contribution in [0.4, 0.5) is 0 Å². The van der Waals surface area contributed by atoms with Gasteiger partial charge in [0.1, 0.15) is 0 Å². The van der Waals surface area contributed by atoms with Crippen molar-refractivity contribution in [3.05, 3.63) is 71.5 Å². The molecule has 0 bridgehead atoms. The molecule has 2 aliphatic rings. The largest absolute Gasteiger partial charge is 0.387 e. The van der Waals surface area contributed by atoms with Gasteiger partial charge >= 0.3 is 0 Å². The van der Waals surface area contributed by atoms with Crippen LogP contribution >= 0.6 is 0 Å². The number of hydrogen-bond acceptors (Lipinski definition) is 1. The monoisotopic (exact) mass is 263 g/mol. The van der Waals surface area contributed by atoms with Crippen LogP contribution < -0.4 is 0 Å². The highest BCUT2D eigenvalue weighted by Gasteiger charge is 2.29. The Bertz CT molecular complexity index is 748. The summed E-state index contributed by atoms with van der Waals surface area (Å²) >= 11 is 0. The third-order valence-corrected chi connectivity index (χ3v) is 4.35. The first-order valence-corrected chi connectivity index (χ1v) is 7.17. The van der Waals surface area contributed by atoms with Crippen molar-refractivity contribution >= 4 is 10.9 Å². The fourth-order valence-electron chi connectivity index (χ4n) is 3.32. The van der Waals surface area contributed by atoms with Crippen LogP contribution in [0.25, 0.3) is 10.9 Å². The molecule has 20 heavy (non-hydrogen) atoms. The maximum absolute atomic E-state index is 10.7. The lowest BCUT2D eigenvalue weighted by Crippen LogP contribution is -2.24. The third-order valence-electron chi connectivity index (χ3n) is 4.35. The molecular weight excluding hydrogens is 246 g/mol. The molecule has 0 spiro atoms. The van der Waals surface area contributed by atoms with Crippen molar-refractivity contribution < 1.29 is 5.11 Å². The molecule has 0 fully saturated rings. The van der Waals surface area contributed by atoms with Crippen molar-refractivity contribution in [2.45, 2.75) is 24.9 Å². The summed E-state index contributed by atoms with van der Waals surface area (Å²) in [5, 5.41) is 11.9. The molecule has 0 aliphatic heterocycles. The van der Waals surface area contributed by atoms with Gasteiger partial charge in [-0.05, 0) is 35.6 Å². The Morgan fingerprint density at radius 2 is 1.95 bits per heavy atom. The van der Waals surface area contributed by atoms with Crippen molar-refractivity contribution in [1.29, 1.82) is 0 Å². The number of benzene rings is 1. The maximum Gasteiger partial charge on any atom is 0.0896 e. The lowest BCUT2D eigenvalue weighted by Gasteiger charge is -2.29. The zero-order chi connectivity index (χ0) is 13.5. The van der Waals surface area contributed by atoms with Crippen molar-refractivity contribution in [1.82, 2.24) is 4.98 Å². The van der Waals surface area contributed by atoms with E-state index in [0.29, 0.717) is 0 Å². The van der Waals surface area contributed by atoms with E-state index in [1.54, 1.807) is 0 Å². The van der Waals surface area contributed by atoms with Crippen LogP contribution in [0.2, 0.25) is 0 Å². The predicted molar refractivity (Wildman–Crippen MR) is 81.6 cm³/mol. The summed E-state index contributed by atoms with van der Waals surface area (Å²) in [4.78, 5) is 3.30. The van der Waals surface area contributed by atoms with Crippen LogP contribution in [0.15, 0.2) is 65.9 Å². The van der Waals surface area contributed by atoms with Crippen LogP contribution in [0, 0.1) is 0 Å². The van der Waals surface area contributed by atoms with Crippen molar-refractivity contribution in [3.63, 3.8) is 0 Å². The quantitative estimate of drug-likeness (QED) is 0.806. The SMILES string of the molecule is O[C@@H]1C2=CCCC=C2C=C[C@H]1c1c[nH]c2ccccc12. The number of allylic oxidation sites excluding steroid dienone is 3. The van der Waals surface area contributed by atoms with Gasteiger partial charge in [0, 0.05) is 23.0 Å². The number of aliphatic hydroxyl groups is 1. The van der Waals surface area contributed by atoms with Crippen molar-refractivity contribution in [3.8, 4) is 0 Å². The minimum absolute atomic E-state index is 0.0349. The molecular formula is C18H17NO. The molecule has 2 N–H and O–H groups in total. The number of aliphatic hydroxyl groups excluding tert-OH is 1. The Morgan fingerprint density at radius 1 is 1.10 bits per heavy atom. The molecule has 0 saturated heterocycles. The Balaban J connectivity index is 1.83. The van der Waals surface area contributed by atoms with E-state index in [1.807, 2.05) is 18.3 Å². The topological polar surface area (TPSA) is 36.0 Å². The molecule has 0 saturated carbocycles. The van der Waals surface area contributed by atoms with E-state index in [4.69, 9.17) is 0 Å². The van der Waals surface area contributed by atoms with Crippen LogP contribution in [-0.2, 0) is 0 Å². The molecule has 2 aliphatic carbocycles. The first kappa shape index (κ1) is 11.7. The van der Waals surface area contributed by atoms with E-state index < -0.39 is 6.10 Å². The van der Waals surface area contributed by atoms with Gasteiger partial charge in [-0.2, -0.15) is 0 Å². The minimum atomic E-state index is -0.439. The molecule has 0 amide bonds. The van der Waals surface area contributed by atoms with Gasteiger partial charge in [-0.1, -0.05) is 42.5 Å². The first-order valence-electron chi connectivity index (χ1n) is 7.17. The molecule has 100 valence electrons. The fraction of sp³-hybridized carbons (Fsp3) is 0.222. The van der Waals surface area contributed by atoms with Crippen LogP contribution in [0.5, 0.6) is 0 Å². The minimum Gasteiger partial charge on any atom is -0.387 e. The molecule has 1 aromatic heterocycles. The number of nitrogens with one attached hydrogen (secondary N) is 1. The van der Waals surface area contributed by atoms with Gasteiger partial charge in [-0.25, -0.2) is 0 Å². The van der Waals surface area contributed by atoms with Gasteiger partial charge in [0.2, 0.25) is 0 Å². The Morgan fingerprint density at radius 3 is 2.90 bits per heavy atom. The normalized spacial score (nSPS) is 25.2. The van der Waals surface area contributed by atoms with E-state index >= 15 is 0 Å². The zero-order valence-electron chi connectivity index (χ0n) is 11.2. The van der Waals surface area contributed by atoms with Crippen molar-refractivity contribution in [2.75, 3.05) is 0 Å². The van der Waals surface area contributed by atoms with Crippen LogP contribution in [0.1, 0.15) is 24.3 Å². The van der Waals surface area contributed by atoms with Crippen LogP contribution in [-0.4, -0.2) is 16.2 Å². The van der Waals surface area contributed by atoms with E-state index in [-0.39, 0.29) is 5.92 Å². The predicted octanol–water partition coefficient (Wildman–Crippen LogP) is 3.83. The van der Waals surface area contributed by atoms with E-state index in [1.165, 1.54) is 16.5 Å². The second-order valence-electron chi connectivity index (χ2n) is 5.52. The second-order valence-corrected chi connectivity index (χ2v) is 5.52. The molecule has 1 heterocycles. The summed E-state index contributed by atoms with van der Waals surface area (Å²) in [6.07, 6.45) is 12.4. The summed E-state index contributed by atoms with van der Waals surface area (Å²) in [6.45, 7) is 0. The average Bonchev–Trinajstić information content (AvgIpc) is 2.92. The standard InChI is InChI=1S/C18H17NO/c20-18-13-6-2-1-5-12(13)9-10-15(18)16-11-19-17-8-4-3-7-14(16)17/h3-11,15,18-20H,1-2H2/t15-,18+/m0/s1. The molecule has 2 heteroatoms. The Labute approximate surface area is 118 Å². The highest BCUT2D eigenvalue weighted by atomic mass is 16.3. The number of rotatable bonds is 1. The molecule has 2 atom stereocenters. The number of fused-ring (bicyclic) bond motifs is 2. The summed E-state index contributed by atoms with van der Waals surface area (Å²) in [6, 6.07) is 8.26. The summed E-state index contributed by atoms with van der Waals surface area (Å²) in [5.74, 6) is 0.0349. The number of aromatic amines is 1. The number of H-pyrrole nitrogens is 1. The molecule has 0 radical (unpaired) electrons. The lowest BCUT2D eigenvalue weighted by atomic mass is 9.79. The zero-order valence-corrected chi connectivity index (χ0v) is 11.2. The molecule has 0 unspecified atom stereocenters. The molecule has 2 nitrogen and oxygen atoms in total. The van der Waals surface area contributed by atoms with Gasteiger partial charge in [0.15, 0.2) is 0 Å². The average molecular weight is 263 g/mol. The second kappa shape index (κ2) is 4.50. The molecule has 1 aromatic carbocycles. The van der Waals surface area contributed by atoms with E-state index in [9.17, 15) is 5.11 Å². The van der Waals surface area contributed by atoms with Gasteiger partial charge < -0.3 is 10.1 Å². The van der Waals surface area contributed by atoms with Gasteiger partial charge in [-0.15, -0.1) is 0 Å². The highest BCUT2D eigenvalue weighted by Crippen LogP contribution is 2.38. The number of hydrogen-bond donors (Lipinski definition) is 2. The Hall–Kier alpha value is -2.06. The van der Waals surface area contributed by atoms with E-state index in [2.05, 4.69) is 41.4 Å². The first-order chi connectivity index (χ1) is 9.84. The fourth-order valence-corrected chi connectivity index (χ4v) is 3.32. The number of para-hydroxylation sites is 1. The third kappa shape index (κ3) is 1.69. The highest BCUT2D eigenvalue weighted by molar-refractivity contribution is 5.84. The summed E-state index contributed by atoms with van der Waals surface area (Å²) in [5.41, 5.74) is 4.59. The Kier molecular flexibility index (Phi) is 2.64. The van der Waals surface area contributed by atoms with Crippen molar-refractivity contribution in [2.24, 2.45) is 0 Å². The van der Waals surface area contributed by atoms with E-state index in [0.717, 1.165) is 23.9 Å². The van der Waals surface area contributed by atoms with Gasteiger partial charge in [0.25, 0.3) is 0 Å². The van der Waals surface area contributed by atoms with Gasteiger partial charge in [-0.3, -0.25) is 0 Å². The summed E-state index contributed by atoms with van der Waals surface area (Å²) < 4.78 is 0. The lowest BCUT2D eigenvalue weighted by molar-refractivity contribution is 0.195. The summed E-state index contributed by atoms with van der Waals surface area (Å²) in [7, 11) is 0. The molecule has 4 rings (SSSR count). The molecule has 2 aromatic rings. The number of aromatic nitrogens is 1. The van der Waals surface area contributed by atoms with Gasteiger partial charge in [0.05, 0.1) is 6.10 Å². The maximum atomic E-state index is 10.7. The smallest absolute Gasteiger partial charge is 0.0896 e.